The van der Waals surface area contributed by atoms with Crippen molar-refractivity contribution in [1.82, 2.24) is 0 Å². The molecule has 19 heavy (non-hydrogen) atoms. The SMILES string of the molecule is CCCCCCCCCNc1ccc2c(c1)OCO2. The first-order valence-corrected chi connectivity index (χ1v) is 7.53. The van der Waals surface area contributed by atoms with Crippen molar-refractivity contribution in [1.29, 1.82) is 0 Å². The van der Waals surface area contributed by atoms with Crippen LogP contribution in [0, 0.1) is 0 Å². The predicted molar refractivity (Wildman–Crippen MR) is 79.0 cm³/mol. The second-order valence-corrected chi connectivity index (χ2v) is 5.12. The lowest BCUT2D eigenvalue weighted by Crippen LogP contribution is -2.01. The van der Waals surface area contributed by atoms with Gasteiger partial charge in [-0.05, 0) is 18.6 Å². The number of hydrogen-bond acceptors (Lipinski definition) is 3. The highest BCUT2D eigenvalue weighted by Crippen LogP contribution is 2.34. The number of unbranched alkanes of at least 4 members (excludes halogenated alkanes) is 6. The normalized spacial score (nSPS) is 12.7. The molecular weight excluding hydrogens is 238 g/mol. The average molecular weight is 263 g/mol. The molecule has 3 heteroatoms. The standard InChI is InChI=1S/C16H25NO2/c1-2-3-4-5-6-7-8-11-17-14-9-10-15-16(12-14)19-13-18-15/h9-10,12,17H,2-8,11,13H2,1H3. The summed E-state index contributed by atoms with van der Waals surface area (Å²) >= 11 is 0. The third-order valence-electron chi connectivity index (χ3n) is 3.48. The zero-order valence-electron chi connectivity index (χ0n) is 11.9. The molecule has 0 saturated carbocycles. The van der Waals surface area contributed by atoms with Crippen molar-refractivity contribution >= 4 is 5.69 Å². The minimum absolute atomic E-state index is 0.344. The quantitative estimate of drug-likeness (QED) is 0.662. The minimum atomic E-state index is 0.344. The van der Waals surface area contributed by atoms with Crippen molar-refractivity contribution < 1.29 is 9.47 Å². The molecule has 2 rings (SSSR count). The fourth-order valence-corrected chi connectivity index (χ4v) is 2.32. The fraction of sp³-hybridized carbons (Fsp3) is 0.625. The van der Waals surface area contributed by atoms with Crippen molar-refractivity contribution in [2.45, 2.75) is 51.9 Å². The smallest absolute Gasteiger partial charge is 0.231 e. The van der Waals surface area contributed by atoms with Gasteiger partial charge in [0, 0.05) is 18.3 Å². The van der Waals surface area contributed by atoms with Gasteiger partial charge in [-0.15, -0.1) is 0 Å². The van der Waals surface area contributed by atoms with Crippen LogP contribution in [0.2, 0.25) is 0 Å². The van der Waals surface area contributed by atoms with Crippen LogP contribution in [0.5, 0.6) is 11.5 Å². The van der Waals surface area contributed by atoms with Gasteiger partial charge in [-0.25, -0.2) is 0 Å². The Labute approximate surface area is 116 Å². The van der Waals surface area contributed by atoms with Crippen LogP contribution < -0.4 is 14.8 Å². The summed E-state index contributed by atoms with van der Waals surface area (Å²) in [5.41, 5.74) is 1.12. The molecule has 1 aliphatic rings. The molecule has 106 valence electrons. The third-order valence-corrected chi connectivity index (χ3v) is 3.48. The van der Waals surface area contributed by atoms with Crippen LogP contribution in [0.3, 0.4) is 0 Å². The van der Waals surface area contributed by atoms with E-state index in [1.165, 1.54) is 44.9 Å². The van der Waals surface area contributed by atoms with Crippen molar-refractivity contribution in [2.24, 2.45) is 0 Å². The van der Waals surface area contributed by atoms with Gasteiger partial charge >= 0.3 is 0 Å². The lowest BCUT2D eigenvalue weighted by Gasteiger charge is -2.07. The second-order valence-electron chi connectivity index (χ2n) is 5.12. The van der Waals surface area contributed by atoms with Gasteiger partial charge in [0.25, 0.3) is 0 Å². The van der Waals surface area contributed by atoms with Crippen LogP contribution in [-0.4, -0.2) is 13.3 Å². The number of fused-ring (bicyclic) bond motifs is 1. The first-order valence-electron chi connectivity index (χ1n) is 7.53. The molecule has 0 aliphatic carbocycles. The summed E-state index contributed by atoms with van der Waals surface area (Å²) in [7, 11) is 0. The number of nitrogens with one attached hydrogen (secondary N) is 1. The predicted octanol–water partition coefficient (Wildman–Crippen LogP) is 4.58. The molecule has 0 bridgehead atoms. The molecule has 0 saturated heterocycles. The van der Waals surface area contributed by atoms with Crippen LogP contribution in [0.25, 0.3) is 0 Å². The maximum Gasteiger partial charge on any atom is 0.231 e. The van der Waals surface area contributed by atoms with E-state index in [2.05, 4.69) is 18.3 Å². The van der Waals surface area contributed by atoms with E-state index in [0.29, 0.717) is 6.79 Å². The molecule has 0 atom stereocenters. The third kappa shape index (κ3) is 4.66. The van der Waals surface area contributed by atoms with E-state index in [4.69, 9.17) is 9.47 Å². The number of benzene rings is 1. The van der Waals surface area contributed by atoms with Gasteiger partial charge in [-0.2, -0.15) is 0 Å². The molecule has 1 aliphatic heterocycles. The van der Waals surface area contributed by atoms with Gasteiger partial charge in [-0.3, -0.25) is 0 Å². The minimum Gasteiger partial charge on any atom is -0.454 e. The molecule has 0 aromatic heterocycles. The van der Waals surface area contributed by atoms with Gasteiger partial charge < -0.3 is 14.8 Å². The van der Waals surface area contributed by atoms with Gasteiger partial charge in [-0.1, -0.05) is 45.4 Å². The lowest BCUT2D eigenvalue weighted by molar-refractivity contribution is 0.174. The van der Waals surface area contributed by atoms with Crippen molar-refractivity contribution in [3.8, 4) is 11.5 Å². The van der Waals surface area contributed by atoms with E-state index in [-0.39, 0.29) is 0 Å². The summed E-state index contributed by atoms with van der Waals surface area (Å²) in [5, 5.41) is 3.44. The molecule has 1 N–H and O–H groups in total. The van der Waals surface area contributed by atoms with Gasteiger partial charge in [0.2, 0.25) is 6.79 Å². The van der Waals surface area contributed by atoms with E-state index >= 15 is 0 Å². The van der Waals surface area contributed by atoms with E-state index in [1.807, 2.05) is 12.1 Å². The Bertz CT molecular complexity index is 379. The molecule has 0 fully saturated rings. The average Bonchev–Trinajstić information content (AvgIpc) is 2.89. The van der Waals surface area contributed by atoms with Crippen molar-refractivity contribution in [3.05, 3.63) is 18.2 Å². The van der Waals surface area contributed by atoms with E-state index in [9.17, 15) is 0 Å². The maximum absolute atomic E-state index is 5.36. The number of hydrogen-bond donors (Lipinski definition) is 1. The molecular formula is C16H25NO2. The van der Waals surface area contributed by atoms with Crippen LogP contribution in [0.4, 0.5) is 5.69 Å². The zero-order valence-corrected chi connectivity index (χ0v) is 11.9. The fourth-order valence-electron chi connectivity index (χ4n) is 2.32. The Balaban J connectivity index is 1.56. The van der Waals surface area contributed by atoms with Gasteiger partial charge in [0.05, 0.1) is 0 Å². The second kappa shape index (κ2) is 7.93. The molecule has 1 aromatic carbocycles. The summed E-state index contributed by atoms with van der Waals surface area (Å²) < 4.78 is 10.7. The lowest BCUT2D eigenvalue weighted by atomic mass is 10.1. The summed E-state index contributed by atoms with van der Waals surface area (Å²) in [4.78, 5) is 0. The van der Waals surface area contributed by atoms with Crippen molar-refractivity contribution in [2.75, 3.05) is 18.7 Å². The highest BCUT2D eigenvalue weighted by molar-refractivity contribution is 5.55. The number of rotatable bonds is 9. The molecule has 3 nitrogen and oxygen atoms in total. The molecule has 0 spiro atoms. The monoisotopic (exact) mass is 263 g/mol. The Hall–Kier alpha value is -1.38. The van der Waals surface area contributed by atoms with Crippen LogP contribution in [0.1, 0.15) is 51.9 Å². The Kier molecular flexibility index (Phi) is 5.86. The Morgan fingerprint density at radius 2 is 1.68 bits per heavy atom. The molecule has 1 heterocycles. The topological polar surface area (TPSA) is 30.5 Å². The van der Waals surface area contributed by atoms with Crippen molar-refractivity contribution in [3.63, 3.8) is 0 Å². The summed E-state index contributed by atoms with van der Waals surface area (Å²) in [6.07, 6.45) is 9.41. The van der Waals surface area contributed by atoms with Gasteiger partial charge in [0.15, 0.2) is 11.5 Å². The summed E-state index contributed by atoms with van der Waals surface area (Å²) in [6, 6.07) is 6.04. The first kappa shape index (κ1) is 14.0. The zero-order chi connectivity index (χ0) is 13.3. The molecule has 0 unspecified atom stereocenters. The molecule has 1 aromatic rings. The number of anilines is 1. The first-order chi connectivity index (χ1) is 9.40. The summed E-state index contributed by atoms with van der Waals surface area (Å²) in [6.45, 7) is 3.64. The van der Waals surface area contributed by atoms with Crippen LogP contribution in [0.15, 0.2) is 18.2 Å². The Morgan fingerprint density at radius 3 is 2.53 bits per heavy atom. The highest BCUT2D eigenvalue weighted by Gasteiger charge is 2.12. The largest absolute Gasteiger partial charge is 0.454 e. The highest BCUT2D eigenvalue weighted by atomic mass is 16.7. The maximum atomic E-state index is 5.36. The summed E-state index contributed by atoms with van der Waals surface area (Å²) in [5.74, 6) is 1.70. The molecule has 0 radical (unpaired) electrons. The number of ether oxygens (including phenoxy) is 2. The van der Waals surface area contributed by atoms with E-state index in [0.717, 1.165) is 23.7 Å². The molecule has 0 amide bonds. The van der Waals surface area contributed by atoms with Gasteiger partial charge in [0.1, 0.15) is 0 Å². The van der Waals surface area contributed by atoms with Crippen LogP contribution >= 0.6 is 0 Å². The Morgan fingerprint density at radius 1 is 0.947 bits per heavy atom. The van der Waals surface area contributed by atoms with E-state index in [1.54, 1.807) is 0 Å². The van der Waals surface area contributed by atoms with Crippen LogP contribution in [-0.2, 0) is 0 Å². The van der Waals surface area contributed by atoms with E-state index < -0.39 is 0 Å².